The number of ether oxygens (including phenoxy) is 1. The summed E-state index contributed by atoms with van der Waals surface area (Å²) in [6.07, 6.45) is 0.967. The summed E-state index contributed by atoms with van der Waals surface area (Å²) in [5.41, 5.74) is 11.5. The third-order valence-electron chi connectivity index (χ3n) is 6.01. The summed E-state index contributed by atoms with van der Waals surface area (Å²) in [5.74, 6) is -0.641. The van der Waals surface area contributed by atoms with Crippen molar-refractivity contribution in [1.82, 2.24) is 4.90 Å². The highest BCUT2D eigenvalue weighted by Crippen LogP contribution is 2.38. The number of amides is 1. The summed E-state index contributed by atoms with van der Waals surface area (Å²) in [4.78, 5) is 27.6. The molecular weight excluding hydrogens is 452 g/mol. The zero-order valence-electron chi connectivity index (χ0n) is 20.7. The van der Waals surface area contributed by atoms with Gasteiger partial charge in [-0.05, 0) is 68.9 Å². The molecule has 0 aromatic heterocycles. The number of nitrogens with one attached hydrogen (secondary N) is 2. The first kappa shape index (κ1) is 25.2. The number of nitrogens with zero attached hydrogens (tertiary/aromatic N) is 1. The first-order valence-corrected chi connectivity index (χ1v) is 12.2. The summed E-state index contributed by atoms with van der Waals surface area (Å²) in [5, 5.41) is 6.39. The average Bonchev–Trinajstić information content (AvgIpc) is 3.22. The maximum Gasteiger partial charge on any atom is 0.338 e. The van der Waals surface area contributed by atoms with Crippen LogP contribution >= 0.6 is 0 Å². The predicted molar refractivity (Wildman–Crippen MR) is 144 cm³/mol. The summed E-state index contributed by atoms with van der Waals surface area (Å²) >= 11 is 0. The topological polar surface area (TPSA) is 96.7 Å². The van der Waals surface area contributed by atoms with Crippen LogP contribution in [-0.4, -0.2) is 43.5 Å². The van der Waals surface area contributed by atoms with Crippen LogP contribution in [0.3, 0.4) is 0 Å². The maximum atomic E-state index is 13.2. The van der Waals surface area contributed by atoms with Crippen molar-refractivity contribution in [1.29, 1.82) is 0 Å². The molecule has 0 unspecified atom stereocenters. The minimum atomic E-state index is -0.415. The van der Waals surface area contributed by atoms with Crippen LogP contribution in [0.1, 0.15) is 40.4 Å². The van der Waals surface area contributed by atoms with Crippen molar-refractivity contribution < 1.29 is 14.3 Å². The van der Waals surface area contributed by atoms with E-state index in [1.54, 1.807) is 25.1 Å². The van der Waals surface area contributed by atoms with E-state index in [0.29, 0.717) is 29.1 Å². The number of benzene rings is 3. The first-order valence-electron chi connectivity index (χ1n) is 12.2. The standard InChI is InChI=1S/C29H32N4O3/c1-3-36-29(35)22-12-15-24-25(18-22)32-28(34)26(24)27(21-8-5-4-6-9-21)31-23-13-10-20(11-14-23)19-33(2)17-7-16-30/h4-6,8-15,18,31H,3,7,16-17,19,30H2,1-2H3,(H,32,34). The molecule has 0 aliphatic carbocycles. The van der Waals surface area contributed by atoms with Crippen molar-refractivity contribution in [3.8, 4) is 0 Å². The molecule has 3 aromatic carbocycles. The Labute approximate surface area is 212 Å². The molecule has 4 N–H and O–H groups in total. The Morgan fingerprint density at radius 3 is 2.47 bits per heavy atom. The molecule has 1 aliphatic rings. The van der Waals surface area contributed by atoms with Crippen molar-refractivity contribution in [2.45, 2.75) is 19.9 Å². The second-order valence-electron chi connectivity index (χ2n) is 8.75. The molecule has 1 heterocycles. The lowest BCUT2D eigenvalue weighted by Gasteiger charge is -2.17. The smallest absolute Gasteiger partial charge is 0.338 e. The van der Waals surface area contributed by atoms with Crippen molar-refractivity contribution in [3.63, 3.8) is 0 Å². The fourth-order valence-corrected chi connectivity index (χ4v) is 4.24. The number of carbonyl (C=O) groups is 2. The normalized spacial score (nSPS) is 13.8. The third-order valence-corrected chi connectivity index (χ3v) is 6.01. The number of anilines is 2. The van der Waals surface area contributed by atoms with Gasteiger partial charge in [0.15, 0.2) is 0 Å². The van der Waals surface area contributed by atoms with E-state index in [1.807, 2.05) is 42.5 Å². The number of carbonyl (C=O) groups excluding carboxylic acids is 2. The Hall–Kier alpha value is -3.94. The highest BCUT2D eigenvalue weighted by Gasteiger charge is 2.29. The molecule has 0 spiro atoms. The van der Waals surface area contributed by atoms with E-state index in [0.717, 1.165) is 36.3 Å². The van der Waals surface area contributed by atoms with Crippen LogP contribution in [0, 0.1) is 0 Å². The summed E-state index contributed by atoms with van der Waals surface area (Å²) in [6.45, 7) is 4.53. The maximum absolute atomic E-state index is 13.2. The fraction of sp³-hybridized carbons (Fsp3) is 0.241. The Kier molecular flexibility index (Phi) is 8.15. The van der Waals surface area contributed by atoms with Gasteiger partial charge in [0.1, 0.15) is 0 Å². The van der Waals surface area contributed by atoms with E-state index in [9.17, 15) is 9.59 Å². The average molecular weight is 485 g/mol. The lowest BCUT2D eigenvalue weighted by Crippen LogP contribution is -2.21. The minimum absolute atomic E-state index is 0.226. The summed E-state index contributed by atoms with van der Waals surface area (Å²) < 4.78 is 5.11. The molecule has 4 rings (SSSR count). The van der Waals surface area contributed by atoms with Gasteiger partial charge >= 0.3 is 5.97 Å². The monoisotopic (exact) mass is 484 g/mol. The molecule has 1 amide bonds. The lowest BCUT2D eigenvalue weighted by molar-refractivity contribution is -0.110. The van der Waals surface area contributed by atoms with Crippen molar-refractivity contribution in [3.05, 3.63) is 95.1 Å². The molecule has 36 heavy (non-hydrogen) atoms. The number of fused-ring (bicyclic) bond motifs is 1. The van der Waals surface area contributed by atoms with Gasteiger partial charge in [0.2, 0.25) is 0 Å². The fourth-order valence-electron chi connectivity index (χ4n) is 4.24. The highest BCUT2D eigenvalue weighted by molar-refractivity contribution is 6.37. The summed E-state index contributed by atoms with van der Waals surface area (Å²) in [6, 6.07) is 23.1. The van der Waals surface area contributed by atoms with Gasteiger partial charge in [-0.3, -0.25) is 4.79 Å². The Bertz CT molecular complexity index is 1250. The molecular formula is C29H32N4O3. The predicted octanol–water partition coefficient (Wildman–Crippen LogP) is 4.58. The first-order chi connectivity index (χ1) is 17.5. The van der Waals surface area contributed by atoms with Crippen molar-refractivity contribution in [2.75, 3.05) is 37.4 Å². The number of nitrogens with two attached hydrogens (primary N) is 1. The molecule has 7 heteroatoms. The number of rotatable bonds is 10. The van der Waals surface area contributed by atoms with Gasteiger partial charge in [-0.25, -0.2) is 4.79 Å². The molecule has 186 valence electrons. The largest absolute Gasteiger partial charge is 0.462 e. The van der Waals surface area contributed by atoms with Crippen LogP contribution < -0.4 is 16.4 Å². The van der Waals surface area contributed by atoms with Gasteiger partial charge < -0.3 is 26.0 Å². The van der Waals surface area contributed by atoms with Crippen LogP contribution in [0.25, 0.3) is 11.3 Å². The second kappa shape index (κ2) is 11.7. The SMILES string of the molecule is CCOC(=O)c1ccc2c(c1)NC(=O)C2=C(Nc1ccc(CN(C)CCCN)cc1)c1ccccc1. The van der Waals surface area contributed by atoms with E-state index in [4.69, 9.17) is 10.5 Å². The Balaban J connectivity index is 1.66. The number of hydrogen-bond donors (Lipinski definition) is 3. The molecule has 0 radical (unpaired) electrons. The van der Waals surface area contributed by atoms with Crippen LogP contribution in [0.4, 0.5) is 11.4 Å². The minimum Gasteiger partial charge on any atom is -0.462 e. The van der Waals surface area contributed by atoms with Gasteiger partial charge in [0.05, 0.1) is 29.1 Å². The molecule has 0 saturated heterocycles. The summed E-state index contributed by atoms with van der Waals surface area (Å²) in [7, 11) is 2.09. The van der Waals surface area contributed by atoms with Gasteiger partial charge in [0.25, 0.3) is 5.91 Å². The van der Waals surface area contributed by atoms with Gasteiger partial charge in [-0.1, -0.05) is 48.5 Å². The molecule has 0 fully saturated rings. The molecule has 3 aromatic rings. The third kappa shape index (κ3) is 5.82. The van der Waals surface area contributed by atoms with Gasteiger partial charge in [-0.15, -0.1) is 0 Å². The Morgan fingerprint density at radius 2 is 1.78 bits per heavy atom. The second-order valence-corrected chi connectivity index (χ2v) is 8.75. The van der Waals surface area contributed by atoms with Crippen LogP contribution in [0.2, 0.25) is 0 Å². The number of esters is 1. The van der Waals surface area contributed by atoms with E-state index in [1.165, 1.54) is 5.56 Å². The molecule has 0 saturated carbocycles. The molecule has 0 atom stereocenters. The van der Waals surface area contributed by atoms with Crippen molar-refractivity contribution >= 4 is 34.5 Å². The zero-order chi connectivity index (χ0) is 25.5. The molecule has 1 aliphatic heterocycles. The van der Waals surface area contributed by atoms with E-state index in [2.05, 4.69) is 34.7 Å². The lowest BCUT2D eigenvalue weighted by atomic mass is 9.99. The zero-order valence-corrected chi connectivity index (χ0v) is 20.7. The van der Waals surface area contributed by atoms with Crippen LogP contribution in [0.15, 0.2) is 72.8 Å². The van der Waals surface area contributed by atoms with Gasteiger partial charge in [-0.2, -0.15) is 0 Å². The Morgan fingerprint density at radius 1 is 1.03 bits per heavy atom. The van der Waals surface area contributed by atoms with E-state index < -0.39 is 5.97 Å². The molecule has 0 bridgehead atoms. The molecule has 7 nitrogen and oxygen atoms in total. The van der Waals surface area contributed by atoms with Crippen LogP contribution in [-0.2, 0) is 16.1 Å². The van der Waals surface area contributed by atoms with Crippen molar-refractivity contribution in [2.24, 2.45) is 5.73 Å². The van der Waals surface area contributed by atoms with Gasteiger partial charge in [0, 0.05) is 17.8 Å². The van der Waals surface area contributed by atoms with Crippen LogP contribution in [0.5, 0.6) is 0 Å². The van der Waals surface area contributed by atoms with E-state index in [-0.39, 0.29) is 12.5 Å². The van der Waals surface area contributed by atoms with E-state index >= 15 is 0 Å². The quantitative estimate of drug-likeness (QED) is 0.288. The highest BCUT2D eigenvalue weighted by atomic mass is 16.5. The number of hydrogen-bond acceptors (Lipinski definition) is 6.